The van der Waals surface area contributed by atoms with Crippen LogP contribution < -0.4 is 9.62 Å². The maximum absolute atomic E-state index is 12.8. The second-order valence-corrected chi connectivity index (χ2v) is 8.11. The van der Waals surface area contributed by atoms with Gasteiger partial charge in [-0.3, -0.25) is 9.10 Å². The van der Waals surface area contributed by atoms with Gasteiger partial charge in [0.1, 0.15) is 0 Å². The zero-order chi connectivity index (χ0) is 17.3. The van der Waals surface area contributed by atoms with Crippen molar-refractivity contribution in [3.05, 3.63) is 54.6 Å². The number of carbonyl (C=O) groups is 1. The molecule has 2 aromatic carbocycles. The Labute approximate surface area is 142 Å². The number of anilines is 2. The lowest BCUT2D eigenvalue weighted by Crippen LogP contribution is -2.26. The van der Waals surface area contributed by atoms with E-state index < -0.39 is 10.0 Å². The molecule has 2 aromatic rings. The van der Waals surface area contributed by atoms with E-state index in [1.807, 2.05) is 13.0 Å². The van der Waals surface area contributed by atoms with E-state index in [1.165, 1.54) is 23.5 Å². The van der Waals surface area contributed by atoms with Crippen molar-refractivity contribution in [2.24, 2.45) is 11.8 Å². The minimum atomic E-state index is -3.68. The third-order valence-corrected chi connectivity index (χ3v) is 6.11. The minimum absolute atomic E-state index is 0.0391. The molecule has 0 spiro atoms. The first-order valence-corrected chi connectivity index (χ1v) is 9.28. The number of para-hydroxylation sites is 1. The Bertz CT molecular complexity index is 850. The molecular formula is C18H20N2O3S. The fraction of sp³-hybridized carbons (Fsp3) is 0.278. The van der Waals surface area contributed by atoms with E-state index in [-0.39, 0.29) is 16.7 Å². The first-order valence-electron chi connectivity index (χ1n) is 7.84. The van der Waals surface area contributed by atoms with Crippen molar-refractivity contribution in [2.45, 2.75) is 18.2 Å². The van der Waals surface area contributed by atoms with Crippen LogP contribution in [0.2, 0.25) is 0 Å². The predicted molar refractivity (Wildman–Crippen MR) is 94.4 cm³/mol. The summed E-state index contributed by atoms with van der Waals surface area (Å²) in [5.41, 5.74) is 1.08. The summed E-state index contributed by atoms with van der Waals surface area (Å²) in [5.74, 6) is 0.395. The van der Waals surface area contributed by atoms with Gasteiger partial charge in [-0.05, 0) is 42.7 Å². The molecule has 3 rings (SSSR count). The van der Waals surface area contributed by atoms with Crippen molar-refractivity contribution in [2.75, 3.05) is 16.7 Å². The lowest BCUT2D eigenvalue weighted by molar-refractivity contribution is -0.117. The lowest BCUT2D eigenvalue weighted by Gasteiger charge is -2.19. The van der Waals surface area contributed by atoms with Gasteiger partial charge in [-0.25, -0.2) is 8.42 Å². The van der Waals surface area contributed by atoms with Crippen molar-refractivity contribution >= 4 is 27.3 Å². The van der Waals surface area contributed by atoms with E-state index in [0.29, 0.717) is 17.3 Å². The van der Waals surface area contributed by atoms with E-state index in [9.17, 15) is 13.2 Å². The van der Waals surface area contributed by atoms with Gasteiger partial charge in [0, 0.05) is 18.7 Å². The average molecular weight is 344 g/mol. The molecule has 0 aliphatic heterocycles. The molecule has 5 nitrogen and oxygen atoms in total. The van der Waals surface area contributed by atoms with Crippen LogP contribution in [-0.2, 0) is 14.8 Å². The molecule has 0 bridgehead atoms. The molecule has 1 fully saturated rings. The van der Waals surface area contributed by atoms with E-state index in [2.05, 4.69) is 5.32 Å². The monoisotopic (exact) mass is 344 g/mol. The Hall–Kier alpha value is -2.34. The third-order valence-electron chi connectivity index (χ3n) is 4.33. The third kappa shape index (κ3) is 3.28. The quantitative estimate of drug-likeness (QED) is 0.906. The summed E-state index contributed by atoms with van der Waals surface area (Å²) in [5, 5.41) is 2.80. The molecule has 1 aliphatic rings. The Morgan fingerprint density at radius 3 is 2.42 bits per heavy atom. The molecule has 0 aromatic heterocycles. The summed E-state index contributed by atoms with van der Waals surface area (Å²) in [4.78, 5) is 12.2. The second kappa shape index (κ2) is 6.28. The molecule has 1 aliphatic carbocycles. The Morgan fingerprint density at radius 1 is 1.12 bits per heavy atom. The highest BCUT2D eigenvalue weighted by Gasteiger charge is 2.39. The highest BCUT2D eigenvalue weighted by molar-refractivity contribution is 7.92. The SMILES string of the molecule is C[C@@H]1C[C@@H]1C(=O)Nc1cccc(S(=O)(=O)N(C)c2ccccc2)c1. The van der Waals surface area contributed by atoms with Crippen LogP contribution in [0.15, 0.2) is 59.5 Å². The molecule has 1 N–H and O–H groups in total. The zero-order valence-corrected chi connectivity index (χ0v) is 14.5. The van der Waals surface area contributed by atoms with Crippen molar-refractivity contribution < 1.29 is 13.2 Å². The number of hydrogen-bond acceptors (Lipinski definition) is 3. The fourth-order valence-electron chi connectivity index (χ4n) is 2.59. The van der Waals surface area contributed by atoms with Crippen molar-refractivity contribution in [1.82, 2.24) is 0 Å². The van der Waals surface area contributed by atoms with Gasteiger partial charge >= 0.3 is 0 Å². The highest BCUT2D eigenvalue weighted by atomic mass is 32.2. The molecule has 1 amide bonds. The minimum Gasteiger partial charge on any atom is -0.326 e. The summed E-state index contributed by atoms with van der Waals surface area (Å²) < 4.78 is 26.8. The van der Waals surface area contributed by atoms with Gasteiger partial charge in [-0.1, -0.05) is 31.2 Å². The molecule has 0 unspecified atom stereocenters. The summed E-state index contributed by atoms with van der Waals surface area (Å²) in [6.07, 6.45) is 0.889. The van der Waals surface area contributed by atoms with Gasteiger partial charge in [-0.2, -0.15) is 0 Å². The molecule has 2 atom stereocenters. The number of nitrogens with one attached hydrogen (secondary N) is 1. The first-order chi connectivity index (χ1) is 11.4. The van der Waals surface area contributed by atoms with E-state index in [0.717, 1.165) is 6.42 Å². The summed E-state index contributed by atoms with van der Waals surface area (Å²) in [6.45, 7) is 2.03. The zero-order valence-electron chi connectivity index (χ0n) is 13.6. The number of hydrogen-bond donors (Lipinski definition) is 1. The van der Waals surface area contributed by atoms with Crippen LogP contribution in [0.25, 0.3) is 0 Å². The Kier molecular flexibility index (Phi) is 4.32. The Balaban J connectivity index is 1.83. The maximum Gasteiger partial charge on any atom is 0.264 e. The smallest absolute Gasteiger partial charge is 0.264 e. The summed E-state index contributed by atoms with van der Waals surface area (Å²) >= 11 is 0. The number of carbonyl (C=O) groups excluding carboxylic acids is 1. The maximum atomic E-state index is 12.8. The van der Waals surface area contributed by atoms with Gasteiger partial charge in [0.2, 0.25) is 5.91 Å². The van der Waals surface area contributed by atoms with Gasteiger partial charge < -0.3 is 5.32 Å². The van der Waals surface area contributed by atoms with Gasteiger partial charge in [-0.15, -0.1) is 0 Å². The molecule has 6 heteroatoms. The summed E-state index contributed by atoms with van der Waals surface area (Å²) in [7, 11) is -2.17. The molecule has 0 heterocycles. The van der Waals surface area contributed by atoms with Crippen LogP contribution in [0.5, 0.6) is 0 Å². The van der Waals surface area contributed by atoms with Crippen LogP contribution in [-0.4, -0.2) is 21.4 Å². The molecule has 0 radical (unpaired) electrons. The topological polar surface area (TPSA) is 66.5 Å². The number of benzene rings is 2. The van der Waals surface area contributed by atoms with E-state index in [4.69, 9.17) is 0 Å². The van der Waals surface area contributed by atoms with Crippen molar-refractivity contribution in [3.8, 4) is 0 Å². The van der Waals surface area contributed by atoms with Crippen molar-refractivity contribution in [3.63, 3.8) is 0 Å². The fourth-order valence-corrected chi connectivity index (χ4v) is 3.83. The molecule has 1 saturated carbocycles. The predicted octanol–water partition coefficient (Wildman–Crippen LogP) is 3.11. The molecule has 126 valence electrons. The number of nitrogens with zero attached hydrogens (tertiary/aromatic N) is 1. The lowest BCUT2D eigenvalue weighted by atomic mass is 10.3. The standard InChI is InChI=1S/C18H20N2O3S/c1-13-11-17(13)18(21)19-14-7-6-10-16(12-14)24(22,23)20(2)15-8-4-3-5-9-15/h3-10,12-13,17H,11H2,1-2H3,(H,19,21)/t13-,17+/m1/s1. The van der Waals surface area contributed by atoms with Gasteiger partial charge in [0.15, 0.2) is 0 Å². The normalized spacial score (nSPS) is 19.6. The van der Waals surface area contributed by atoms with Crippen LogP contribution in [0.1, 0.15) is 13.3 Å². The van der Waals surface area contributed by atoms with Crippen molar-refractivity contribution in [1.29, 1.82) is 0 Å². The first kappa shape index (κ1) is 16.5. The van der Waals surface area contributed by atoms with Crippen LogP contribution in [0.4, 0.5) is 11.4 Å². The average Bonchev–Trinajstić information content (AvgIpc) is 3.32. The number of sulfonamides is 1. The second-order valence-electron chi connectivity index (χ2n) is 6.14. The van der Waals surface area contributed by atoms with E-state index in [1.54, 1.807) is 36.4 Å². The molecule has 24 heavy (non-hydrogen) atoms. The van der Waals surface area contributed by atoms with Crippen LogP contribution in [0, 0.1) is 11.8 Å². The molecule has 0 saturated heterocycles. The highest BCUT2D eigenvalue weighted by Crippen LogP contribution is 2.38. The van der Waals surface area contributed by atoms with Crippen LogP contribution in [0.3, 0.4) is 0 Å². The van der Waals surface area contributed by atoms with Crippen LogP contribution >= 0.6 is 0 Å². The Morgan fingerprint density at radius 2 is 1.79 bits per heavy atom. The van der Waals surface area contributed by atoms with Gasteiger partial charge in [0.05, 0.1) is 10.6 Å². The number of amides is 1. The van der Waals surface area contributed by atoms with E-state index >= 15 is 0 Å². The molecular weight excluding hydrogens is 324 g/mol. The van der Waals surface area contributed by atoms with Gasteiger partial charge in [0.25, 0.3) is 10.0 Å². The summed E-state index contributed by atoms with van der Waals surface area (Å²) in [6, 6.07) is 15.2. The number of rotatable bonds is 5. The largest absolute Gasteiger partial charge is 0.326 e.